The summed E-state index contributed by atoms with van der Waals surface area (Å²) in [6, 6.07) is 7.64. The third kappa shape index (κ3) is 3.64. The minimum Gasteiger partial charge on any atom is -0.459 e. The number of rotatable bonds is 3. The second-order valence-electron chi connectivity index (χ2n) is 3.72. The summed E-state index contributed by atoms with van der Waals surface area (Å²) in [4.78, 5) is 26.9. The van der Waals surface area contributed by atoms with Crippen molar-refractivity contribution in [2.24, 2.45) is 0 Å². The molecule has 1 aromatic carbocycles. The van der Waals surface area contributed by atoms with Crippen LogP contribution < -0.4 is 5.32 Å². The van der Waals surface area contributed by atoms with Crippen LogP contribution in [0.4, 0.5) is 5.13 Å². The lowest BCUT2D eigenvalue weighted by Crippen LogP contribution is -2.24. The lowest BCUT2D eigenvalue weighted by Gasteiger charge is -2.00. The number of nitrogens with one attached hydrogen (secondary N) is 1. The van der Waals surface area contributed by atoms with Gasteiger partial charge in [-0.05, 0) is 19.1 Å². The van der Waals surface area contributed by atoms with Gasteiger partial charge in [0.1, 0.15) is 0 Å². The van der Waals surface area contributed by atoms with Gasteiger partial charge in [0.05, 0.1) is 12.3 Å². The summed E-state index contributed by atoms with van der Waals surface area (Å²) in [5, 5.41) is 4.58. The van der Waals surface area contributed by atoms with Crippen molar-refractivity contribution in [3.8, 4) is 11.3 Å². The van der Waals surface area contributed by atoms with Crippen LogP contribution in [0.3, 0.4) is 0 Å². The Kier molecular flexibility index (Phi) is 4.86. The number of halogens is 1. The molecule has 0 aliphatic heterocycles. The third-order valence-corrected chi connectivity index (χ3v) is 3.61. The molecule has 20 heavy (non-hydrogen) atoms. The molecular weight excluding hydrogens is 344 g/mol. The minimum absolute atomic E-state index is 0.161. The fourth-order valence-corrected chi connectivity index (χ4v) is 2.41. The standard InChI is InChI=1S/C13H11BrN2O3S/c1-2-19-12(18)11(17)16-13-15-10(7-20-13)8-3-5-9(14)6-4-8/h3-7H,2H2,1H3,(H,15,16,17). The molecule has 0 bridgehead atoms. The highest BCUT2D eigenvalue weighted by Crippen LogP contribution is 2.25. The molecule has 104 valence electrons. The molecule has 0 spiro atoms. The quantitative estimate of drug-likeness (QED) is 0.679. The highest BCUT2D eigenvalue weighted by atomic mass is 79.9. The number of hydrogen-bond acceptors (Lipinski definition) is 5. The van der Waals surface area contributed by atoms with E-state index in [2.05, 4.69) is 31.0 Å². The van der Waals surface area contributed by atoms with Crippen LogP contribution in [0.25, 0.3) is 11.3 Å². The van der Waals surface area contributed by atoms with Gasteiger partial charge in [-0.1, -0.05) is 28.1 Å². The summed E-state index contributed by atoms with van der Waals surface area (Å²) in [5.41, 5.74) is 1.67. The maximum absolute atomic E-state index is 11.5. The minimum atomic E-state index is -0.909. The first-order chi connectivity index (χ1) is 9.60. The van der Waals surface area contributed by atoms with E-state index in [1.165, 1.54) is 11.3 Å². The fourth-order valence-electron chi connectivity index (χ4n) is 1.43. The Hall–Kier alpha value is -1.73. The number of amides is 1. The summed E-state index contributed by atoms with van der Waals surface area (Å²) in [7, 11) is 0. The van der Waals surface area contributed by atoms with Crippen LogP contribution in [-0.4, -0.2) is 23.5 Å². The van der Waals surface area contributed by atoms with Crippen molar-refractivity contribution in [2.45, 2.75) is 6.92 Å². The zero-order chi connectivity index (χ0) is 14.5. The summed E-state index contributed by atoms with van der Waals surface area (Å²) < 4.78 is 5.58. The molecule has 0 radical (unpaired) electrons. The van der Waals surface area contributed by atoms with Crippen molar-refractivity contribution in [1.29, 1.82) is 0 Å². The van der Waals surface area contributed by atoms with E-state index in [0.717, 1.165) is 15.7 Å². The van der Waals surface area contributed by atoms with E-state index in [1.807, 2.05) is 29.6 Å². The predicted molar refractivity (Wildman–Crippen MR) is 80.5 cm³/mol. The number of aromatic nitrogens is 1. The average Bonchev–Trinajstić information content (AvgIpc) is 2.88. The van der Waals surface area contributed by atoms with Crippen LogP contribution in [0.2, 0.25) is 0 Å². The molecule has 0 aliphatic rings. The fraction of sp³-hybridized carbons (Fsp3) is 0.154. The molecule has 7 heteroatoms. The molecule has 0 aliphatic carbocycles. The van der Waals surface area contributed by atoms with E-state index in [0.29, 0.717) is 5.13 Å². The number of esters is 1. The van der Waals surface area contributed by atoms with Crippen LogP contribution in [-0.2, 0) is 14.3 Å². The summed E-state index contributed by atoms with van der Waals surface area (Å²) in [5.74, 6) is -1.73. The number of hydrogen-bond donors (Lipinski definition) is 1. The molecule has 5 nitrogen and oxygen atoms in total. The Balaban J connectivity index is 2.07. The number of ether oxygens (including phenoxy) is 1. The van der Waals surface area contributed by atoms with Crippen molar-refractivity contribution in [3.05, 3.63) is 34.1 Å². The third-order valence-electron chi connectivity index (χ3n) is 2.33. The number of anilines is 1. The van der Waals surface area contributed by atoms with Gasteiger partial charge in [0.15, 0.2) is 5.13 Å². The Morgan fingerprint density at radius 1 is 1.35 bits per heavy atom. The van der Waals surface area contributed by atoms with E-state index >= 15 is 0 Å². The maximum Gasteiger partial charge on any atom is 0.397 e. The van der Waals surface area contributed by atoms with Crippen molar-refractivity contribution in [3.63, 3.8) is 0 Å². The predicted octanol–water partition coefficient (Wildman–Crippen LogP) is 3.07. The molecule has 2 aromatic rings. The monoisotopic (exact) mass is 354 g/mol. The molecule has 0 fully saturated rings. The van der Waals surface area contributed by atoms with Gasteiger partial charge < -0.3 is 4.74 Å². The average molecular weight is 355 g/mol. The molecule has 0 unspecified atom stereocenters. The van der Waals surface area contributed by atoms with Gasteiger partial charge in [-0.3, -0.25) is 10.1 Å². The smallest absolute Gasteiger partial charge is 0.397 e. The van der Waals surface area contributed by atoms with Crippen LogP contribution >= 0.6 is 27.3 Å². The number of carbonyl (C=O) groups excluding carboxylic acids is 2. The van der Waals surface area contributed by atoms with E-state index in [1.54, 1.807) is 6.92 Å². The molecule has 0 saturated heterocycles. The molecule has 1 aromatic heterocycles. The topological polar surface area (TPSA) is 68.3 Å². The zero-order valence-electron chi connectivity index (χ0n) is 10.6. The molecule has 0 saturated carbocycles. The molecular formula is C13H11BrN2O3S. The Labute approximate surface area is 128 Å². The van der Waals surface area contributed by atoms with Crippen LogP contribution in [0.5, 0.6) is 0 Å². The van der Waals surface area contributed by atoms with Gasteiger partial charge in [-0.25, -0.2) is 9.78 Å². The van der Waals surface area contributed by atoms with Gasteiger partial charge in [-0.15, -0.1) is 11.3 Å². The zero-order valence-corrected chi connectivity index (χ0v) is 13.0. The summed E-state index contributed by atoms with van der Waals surface area (Å²) in [6.45, 7) is 1.80. The SMILES string of the molecule is CCOC(=O)C(=O)Nc1nc(-c2ccc(Br)cc2)cs1. The lowest BCUT2D eigenvalue weighted by atomic mass is 10.2. The van der Waals surface area contributed by atoms with E-state index < -0.39 is 11.9 Å². The number of benzene rings is 1. The van der Waals surface area contributed by atoms with E-state index in [-0.39, 0.29) is 6.61 Å². The second kappa shape index (κ2) is 6.62. The van der Waals surface area contributed by atoms with E-state index in [9.17, 15) is 9.59 Å². The van der Waals surface area contributed by atoms with Crippen LogP contribution in [0, 0.1) is 0 Å². The van der Waals surface area contributed by atoms with Crippen molar-refractivity contribution >= 4 is 44.3 Å². The molecule has 2 rings (SSSR count). The molecule has 1 heterocycles. The highest BCUT2D eigenvalue weighted by molar-refractivity contribution is 9.10. The largest absolute Gasteiger partial charge is 0.459 e. The van der Waals surface area contributed by atoms with Crippen LogP contribution in [0.1, 0.15) is 6.92 Å². The number of nitrogens with zero attached hydrogens (tertiary/aromatic N) is 1. The first-order valence-corrected chi connectivity index (χ1v) is 7.47. The summed E-state index contributed by atoms with van der Waals surface area (Å²) >= 11 is 4.61. The maximum atomic E-state index is 11.5. The Morgan fingerprint density at radius 2 is 2.05 bits per heavy atom. The summed E-state index contributed by atoms with van der Waals surface area (Å²) in [6.07, 6.45) is 0. The first-order valence-electron chi connectivity index (χ1n) is 5.79. The first kappa shape index (κ1) is 14.7. The normalized spacial score (nSPS) is 10.1. The van der Waals surface area contributed by atoms with Gasteiger partial charge >= 0.3 is 11.9 Å². The van der Waals surface area contributed by atoms with Crippen molar-refractivity contribution in [2.75, 3.05) is 11.9 Å². The van der Waals surface area contributed by atoms with Gasteiger partial charge in [0, 0.05) is 15.4 Å². The van der Waals surface area contributed by atoms with Crippen molar-refractivity contribution < 1.29 is 14.3 Å². The Bertz CT molecular complexity index is 625. The molecule has 1 N–H and O–H groups in total. The highest BCUT2D eigenvalue weighted by Gasteiger charge is 2.16. The van der Waals surface area contributed by atoms with Gasteiger partial charge in [-0.2, -0.15) is 0 Å². The molecule has 0 atom stereocenters. The molecule has 1 amide bonds. The number of thiazole rings is 1. The second-order valence-corrected chi connectivity index (χ2v) is 5.49. The van der Waals surface area contributed by atoms with E-state index in [4.69, 9.17) is 0 Å². The number of carbonyl (C=O) groups is 2. The van der Waals surface area contributed by atoms with Gasteiger partial charge in [0.25, 0.3) is 0 Å². The van der Waals surface area contributed by atoms with Gasteiger partial charge in [0.2, 0.25) is 0 Å². The van der Waals surface area contributed by atoms with Crippen molar-refractivity contribution in [1.82, 2.24) is 4.98 Å². The van der Waals surface area contributed by atoms with Crippen LogP contribution in [0.15, 0.2) is 34.1 Å². The Morgan fingerprint density at radius 3 is 2.70 bits per heavy atom. The lowest BCUT2D eigenvalue weighted by molar-refractivity contribution is -0.152.